The highest BCUT2D eigenvalue weighted by Crippen LogP contribution is 2.49. The molecule has 2 aromatic rings. The number of rotatable bonds is 8. The van der Waals surface area contributed by atoms with Crippen molar-refractivity contribution in [2.75, 3.05) is 19.6 Å². The number of thiophene rings is 1. The third kappa shape index (κ3) is 4.25. The Morgan fingerprint density at radius 2 is 2.08 bits per heavy atom. The van der Waals surface area contributed by atoms with Crippen LogP contribution in [0, 0.1) is 5.92 Å². The highest BCUT2D eigenvalue weighted by Gasteiger charge is 2.44. The number of carbonyl (C=O) groups is 1. The molecule has 0 saturated heterocycles. The number of halogens is 1. The Balaban J connectivity index is 1.60. The zero-order valence-corrected chi connectivity index (χ0v) is 16.3. The average Bonchev–Trinajstić information content (AvgIpc) is 3.23. The standard InChI is InChI=1S/C20H25ClN2OS/c1-3-23(4-2)19(14-9-10-25-13-14)12-22-20(24)17-11-16(17)15-7-5-6-8-18(15)21/h5-10,13,16-17,19H,3-4,11-12H2,1-2H3,(H,22,24). The van der Waals surface area contributed by atoms with E-state index in [2.05, 4.69) is 40.9 Å². The minimum absolute atomic E-state index is 0.0553. The fourth-order valence-corrected chi connectivity index (χ4v) is 4.50. The van der Waals surface area contributed by atoms with Crippen LogP contribution in [0.15, 0.2) is 41.1 Å². The molecular formula is C20H25ClN2OS. The van der Waals surface area contributed by atoms with Crippen LogP contribution < -0.4 is 5.32 Å². The topological polar surface area (TPSA) is 32.3 Å². The summed E-state index contributed by atoms with van der Waals surface area (Å²) in [5.41, 5.74) is 2.38. The molecule has 3 nitrogen and oxygen atoms in total. The van der Waals surface area contributed by atoms with Crippen molar-refractivity contribution >= 4 is 28.8 Å². The van der Waals surface area contributed by atoms with Crippen LogP contribution in [0.3, 0.4) is 0 Å². The SMILES string of the molecule is CCN(CC)C(CNC(=O)C1CC1c1ccccc1Cl)c1ccsc1. The van der Waals surface area contributed by atoms with Crippen LogP contribution in [-0.4, -0.2) is 30.4 Å². The summed E-state index contributed by atoms with van der Waals surface area (Å²) < 4.78 is 0. The second kappa shape index (κ2) is 8.35. The minimum atomic E-state index is 0.0553. The van der Waals surface area contributed by atoms with Crippen molar-refractivity contribution in [3.8, 4) is 0 Å². The molecule has 0 spiro atoms. The predicted molar refractivity (Wildman–Crippen MR) is 105 cm³/mol. The molecule has 0 bridgehead atoms. The van der Waals surface area contributed by atoms with Gasteiger partial charge in [-0.25, -0.2) is 0 Å². The lowest BCUT2D eigenvalue weighted by atomic mass is 10.1. The molecule has 3 unspecified atom stereocenters. The van der Waals surface area contributed by atoms with E-state index in [1.165, 1.54) is 5.56 Å². The summed E-state index contributed by atoms with van der Waals surface area (Å²) in [5.74, 6) is 0.471. The first kappa shape index (κ1) is 18.4. The molecule has 1 aliphatic rings. The predicted octanol–water partition coefficient (Wildman–Crippen LogP) is 4.70. The van der Waals surface area contributed by atoms with Crippen LogP contribution in [-0.2, 0) is 4.79 Å². The highest BCUT2D eigenvalue weighted by atomic mass is 35.5. The molecule has 1 aliphatic carbocycles. The van der Waals surface area contributed by atoms with Crippen molar-refractivity contribution in [3.63, 3.8) is 0 Å². The van der Waals surface area contributed by atoms with E-state index in [0.29, 0.717) is 6.54 Å². The van der Waals surface area contributed by atoms with Crippen LogP contribution in [0.2, 0.25) is 5.02 Å². The Bertz CT molecular complexity index is 699. The molecule has 0 aliphatic heterocycles. The van der Waals surface area contributed by atoms with Crippen LogP contribution in [0.25, 0.3) is 0 Å². The van der Waals surface area contributed by atoms with Crippen molar-refractivity contribution in [2.24, 2.45) is 5.92 Å². The molecule has 1 heterocycles. The molecule has 1 saturated carbocycles. The van der Waals surface area contributed by atoms with Crippen molar-refractivity contribution in [2.45, 2.75) is 32.2 Å². The number of hydrogen-bond donors (Lipinski definition) is 1. The van der Waals surface area contributed by atoms with E-state index >= 15 is 0 Å². The van der Waals surface area contributed by atoms with Gasteiger partial charge in [0.1, 0.15) is 0 Å². The number of hydrogen-bond acceptors (Lipinski definition) is 3. The minimum Gasteiger partial charge on any atom is -0.354 e. The summed E-state index contributed by atoms with van der Waals surface area (Å²) in [5, 5.41) is 8.23. The third-order valence-electron chi connectivity index (χ3n) is 5.08. The number of benzene rings is 1. The normalized spacial score (nSPS) is 20.5. The summed E-state index contributed by atoms with van der Waals surface area (Å²) in [6, 6.07) is 10.2. The fourth-order valence-electron chi connectivity index (χ4n) is 3.52. The van der Waals surface area contributed by atoms with E-state index in [4.69, 9.17) is 11.6 Å². The summed E-state index contributed by atoms with van der Waals surface area (Å²) in [6.07, 6.45) is 0.893. The molecule has 5 heteroatoms. The Kier molecular flexibility index (Phi) is 6.15. The van der Waals surface area contributed by atoms with Gasteiger partial charge in [0.2, 0.25) is 5.91 Å². The Morgan fingerprint density at radius 1 is 1.32 bits per heavy atom. The van der Waals surface area contributed by atoms with E-state index in [0.717, 1.165) is 30.1 Å². The summed E-state index contributed by atoms with van der Waals surface area (Å²) in [4.78, 5) is 15.0. The van der Waals surface area contributed by atoms with Gasteiger partial charge in [0.15, 0.2) is 0 Å². The van der Waals surface area contributed by atoms with E-state index in [-0.39, 0.29) is 23.8 Å². The number of likely N-dealkylation sites (N-methyl/N-ethyl adjacent to an activating group) is 1. The maximum Gasteiger partial charge on any atom is 0.223 e. The van der Waals surface area contributed by atoms with Gasteiger partial charge in [-0.15, -0.1) is 0 Å². The highest BCUT2D eigenvalue weighted by molar-refractivity contribution is 7.07. The van der Waals surface area contributed by atoms with Gasteiger partial charge in [0.05, 0.1) is 6.04 Å². The Hall–Kier alpha value is -1.36. The van der Waals surface area contributed by atoms with Crippen LogP contribution in [0.5, 0.6) is 0 Å². The first-order valence-electron chi connectivity index (χ1n) is 8.94. The molecule has 0 radical (unpaired) electrons. The van der Waals surface area contributed by atoms with E-state index in [9.17, 15) is 4.79 Å². The van der Waals surface area contributed by atoms with E-state index in [1.54, 1.807) is 11.3 Å². The van der Waals surface area contributed by atoms with Gasteiger partial charge < -0.3 is 5.32 Å². The van der Waals surface area contributed by atoms with Crippen LogP contribution in [0.4, 0.5) is 0 Å². The van der Waals surface area contributed by atoms with E-state index in [1.807, 2.05) is 24.3 Å². The second-order valence-corrected chi connectivity index (χ2v) is 7.70. The van der Waals surface area contributed by atoms with Crippen LogP contribution >= 0.6 is 22.9 Å². The third-order valence-corrected chi connectivity index (χ3v) is 6.13. The lowest BCUT2D eigenvalue weighted by Crippen LogP contribution is -2.38. The maximum atomic E-state index is 12.6. The van der Waals surface area contributed by atoms with Gasteiger partial charge in [-0.2, -0.15) is 11.3 Å². The van der Waals surface area contributed by atoms with Crippen molar-refractivity contribution in [1.82, 2.24) is 10.2 Å². The second-order valence-electron chi connectivity index (χ2n) is 6.51. The van der Waals surface area contributed by atoms with Gasteiger partial charge in [0.25, 0.3) is 0 Å². The lowest BCUT2D eigenvalue weighted by molar-refractivity contribution is -0.122. The molecule has 1 aromatic heterocycles. The van der Waals surface area contributed by atoms with Crippen molar-refractivity contribution in [1.29, 1.82) is 0 Å². The molecule has 1 amide bonds. The molecule has 1 fully saturated rings. The number of carbonyl (C=O) groups excluding carboxylic acids is 1. The number of nitrogens with one attached hydrogen (secondary N) is 1. The average molecular weight is 377 g/mol. The van der Waals surface area contributed by atoms with E-state index < -0.39 is 0 Å². The van der Waals surface area contributed by atoms with Gasteiger partial charge in [0, 0.05) is 17.5 Å². The smallest absolute Gasteiger partial charge is 0.223 e. The first-order chi connectivity index (χ1) is 12.2. The Labute approximate surface area is 159 Å². The zero-order valence-electron chi connectivity index (χ0n) is 14.7. The first-order valence-corrected chi connectivity index (χ1v) is 10.3. The summed E-state index contributed by atoms with van der Waals surface area (Å²) >= 11 is 7.97. The quantitative estimate of drug-likeness (QED) is 0.723. The summed E-state index contributed by atoms with van der Waals surface area (Å²) in [7, 11) is 0. The molecule has 3 rings (SSSR count). The van der Waals surface area contributed by atoms with Gasteiger partial charge >= 0.3 is 0 Å². The maximum absolute atomic E-state index is 12.6. The van der Waals surface area contributed by atoms with Crippen molar-refractivity contribution < 1.29 is 4.79 Å². The van der Waals surface area contributed by atoms with Gasteiger partial charge in [-0.3, -0.25) is 9.69 Å². The lowest BCUT2D eigenvalue weighted by Gasteiger charge is -2.29. The molecule has 3 atom stereocenters. The Morgan fingerprint density at radius 3 is 2.72 bits per heavy atom. The molecular weight excluding hydrogens is 352 g/mol. The molecule has 25 heavy (non-hydrogen) atoms. The molecule has 1 N–H and O–H groups in total. The van der Waals surface area contributed by atoms with Crippen molar-refractivity contribution in [3.05, 3.63) is 57.2 Å². The molecule has 1 aromatic carbocycles. The monoisotopic (exact) mass is 376 g/mol. The molecule has 134 valence electrons. The zero-order chi connectivity index (χ0) is 17.8. The number of amides is 1. The fraction of sp³-hybridized carbons (Fsp3) is 0.450. The largest absolute Gasteiger partial charge is 0.354 e. The number of nitrogens with zero attached hydrogens (tertiary/aromatic N) is 1. The van der Waals surface area contributed by atoms with Gasteiger partial charge in [-0.05, 0) is 59.4 Å². The summed E-state index contributed by atoms with van der Waals surface area (Å²) in [6.45, 7) is 6.93. The van der Waals surface area contributed by atoms with Crippen LogP contribution in [0.1, 0.15) is 43.4 Å². The van der Waals surface area contributed by atoms with Gasteiger partial charge in [-0.1, -0.05) is 43.6 Å².